The Hall–Kier alpha value is -1.92. The second kappa shape index (κ2) is 9.72. The van der Waals surface area contributed by atoms with Crippen LogP contribution < -0.4 is 10.6 Å². The minimum atomic E-state index is -0.496. The van der Waals surface area contributed by atoms with Crippen molar-refractivity contribution in [3.63, 3.8) is 0 Å². The van der Waals surface area contributed by atoms with Crippen molar-refractivity contribution in [3.05, 3.63) is 35.9 Å². The Labute approximate surface area is 174 Å². The summed E-state index contributed by atoms with van der Waals surface area (Å²) < 4.78 is 6.43. The van der Waals surface area contributed by atoms with Gasteiger partial charge < -0.3 is 15.4 Å². The fourth-order valence-corrected chi connectivity index (χ4v) is 4.45. The van der Waals surface area contributed by atoms with Crippen molar-refractivity contribution in [2.45, 2.75) is 70.7 Å². The van der Waals surface area contributed by atoms with Gasteiger partial charge in [-0.25, -0.2) is 0 Å². The molecule has 1 aromatic carbocycles. The average Bonchev–Trinajstić information content (AvgIpc) is 3.09. The molecule has 2 fully saturated rings. The molecule has 0 aliphatic carbocycles. The highest BCUT2D eigenvalue weighted by atomic mass is 16.5. The van der Waals surface area contributed by atoms with E-state index in [0.717, 1.165) is 45.3 Å². The van der Waals surface area contributed by atoms with Crippen LogP contribution in [0.4, 0.5) is 0 Å². The topological polar surface area (TPSA) is 70.7 Å². The van der Waals surface area contributed by atoms with E-state index in [-0.39, 0.29) is 29.4 Å². The molecule has 29 heavy (non-hydrogen) atoms. The molecule has 1 spiro atoms. The Kier molecular flexibility index (Phi) is 7.30. The van der Waals surface area contributed by atoms with E-state index < -0.39 is 6.04 Å². The molecule has 2 atom stereocenters. The monoisotopic (exact) mass is 401 g/mol. The third-order valence-electron chi connectivity index (χ3n) is 6.17. The van der Waals surface area contributed by atoms with Gasteiger partial charge >= 0.3 is 0 Å². The number of carbonyl (C=O) groups is 2. The Balaban J connectivity index is 1.43. The molecule has 0 bridgehead atoms. The van der Waals surface area contributed by atoms with Crippen LogP contribution in [0.5, 0.6) is 0 Å². The summed E-state index contributed by atoms with van der Waals surface area (Å²) in [5.74, 6) is -0.265. The number of carbonyl (C=O) groups excluding carboxylic acids is 2. The maximum absolute atomic E-state index is 12.5. The summed E-state index contributed by atoms with van der Waals surface area (Å²) >= 11 is 0. The first-order valence-corrected chi connectivity index (χ1v) is 10.9. The van der Waals surface area contributed by atoms with Crippen molar-refractivity contribution < 1.29 is 14.3 Å². The Morgan fingerprint density at radius 1 is 1.17 bits per heavy atom. The number of nitrogens with zero attached hydrogens (tertiary/aromatic N) is 1. The Morgan fingerprint density at radius 2 is 1.86 bits per heavy atom. The van der Waals surface area contributed by atoms with Gasteiger partial charge in [-0.2, -0.15) is 0 Å². The molecule has 3 rings (SSSR count). The van der Waals surface area contributed by atoms with Crippen LogP contribution in [-0.2, 0) is 20.9 Å². The van der Waals surface area contributed by atoms with Crippen molar-refractivity contribution in [1.29, 1.82) is 0 Å². The third-order valence-corrected chi connectivity index (χ3v) is 6.17. The molecule has 0 unspecified atom stereocenters. The lowest BCUT2D eigenvalue weighted by atomic mass is 9.88. The lowest BCUT2D eigenvalue weighted by Gasteiger charge is -2.39. The van der Waals surface area contributed by atoms with Crippen LogP contribution in [0.15, 0.2) is 30.3 Å². The number of ether oxygens (including phenoxy) is 1. The normalized spacial score (nSPS) is 22.6. The van der Waals surface area contributed by atoms with E-state index in [9.17, 15) is 9.59 Å². The molecule has 0 aromatic heterocycles. The van der Waals surface area contributed by atoms with Crippen molar-refractivity contribution in [2.75, 3.05) is 19.6 Å². The summed E-state index contributed by atoms with van der Waals surface area (Å²) in [6.07, 6.45) is 4.19. The second-order valence-electron chi connectivity index (χ2n) is 8.89. The first-order chi connectivity index (χ1) is 13.9. The van der Waals surface area contributed by atoms with Gasteiger partial charge in [0, 0.05) is 33.1 Å². The van der Waals surface area contributed by atoms with Gasteiger partial charge in [0.15, 0.2) is 0 Å². The van der Waals surface area contributed by atoms with Gasteiger partial charge in [0.2, 0.25) is 11.8 Å². The number of nitrogens with one attached hydrogen (secondary N) is 2. The molecule has 0 radical (unpaired) electrons. The molecule has 0 saturated carbocycles. The molecule has 160 valence electrons. The summed E-state index contributed by atoms with van der Waals surface area (Å²) in [4.78, 5) is 26.3. The van der Waals surface area contributed by atoms with Gasteiger partial charge in [-0.05, 0) is 37.2 Å². The number of rotatable bonds is 7. The van der Waals surface area contributed by atoms with Crippen LogP contribution in [0.1, 0.15) is 52.0 Å². The molecule has 2 aliphatic rings. The first kappa shape index (κ1) is 21.8. The van der Waals surface area contributed by atoms with E-state index in [1.807, 2.05) is 13.8 Å². The van der Waals surface area contributed by atoms with E-state index >= 15 is 0 Å². The zero-order chi connectivity index (χ0) is 20.9. The smallest absolute Gasteiger partial charge is 0.242 e. The van der Waals surface area contributed by atoms with Gasteiger partial charge in [0.25, 0.3) is 0 Å². The average molecular weight is 402 g/mol. The summed E-state index contributed by atoms with van der Waals surface area (Å²) in [5.41, 5.74) is 1.33. The zero-order valence-corrected chi connectivity index (χ0v) is 17.9. The fourth-order valence-electron chi connectivity index (χ4n) is 4.45. The van der Waals surface area contributed by atoms with E-state index in [0.29, 0.717) is 6.54 Å². The molecular weight excluding hydrogens is 366 g/mol. The standard InChI is InChI=1S/C23H35N3O3/c1-17(2)21(25-18(3)27)22(28)24-15-20-9-10-23(29-20)11-13-26(14-12-23)16-19-7-5-4-6-8-19/h4-8,17,20-21H,9-16H2,1-3H3,(H,24,28)(H,25,27)/t20-,21-/m0/s1. The molecule has 2 aliphatic heterocycles. The fraction of sp³-hybridized carbons (Fsp3) is 0.652. The molecule has 6 heteroatoms. The van der Waals surface area contributed by atoms with Gasteiger partial charge in [0.05, 0.1) is 11.7 Å². The number of hydrogen-bond donors (Lipinski definition) is 2. The minimum absolute atomic E-state index is 0.0301. The highest BCUT2D eigenvalue weighted by Gasteiger charge is 2.42. The van der Waals surface area contributed by atoms with E-state index in [2.05, 4.69) is 45.9 Å². The molecule has 2 amide bonds. The number of likely N-dealkylation sites (tertiary alicyclic amines) is 1. The van der Waals surface area contributed by atoms with Crippen LogP contribution >= 0.6 is 0 Å². The molecule has 2 saturated heterocycles. The minimum Gasteiger partial charge on any atom is -0.370 e. The molecule has 2 N–H and O–H groups in total. The highest BCUT2D eigenvalue weighted by Crippen LogP contribution is 2.39. The van der Waals surface area contributed by atoms with Crippen molar-refractivity contribution in [3.8, 4) is 0 Å². The largest absolute Gasteiger partial charge is 0.370 e. The summed E-state index contributed by atoms with van der Waals surface area (Å²) in [5, 5.41) is 5.72. The van der Waals surface area contributed by atoms with Crippen LogP contribution in [0.25, 0.3) is 0 Å². The SMILES string of the molecule is CC(=O)N[C@H](C(=O)NC[C@@H]1CCC2(CCN(Cc3ccccc3)CC2)O1)C(C)C. The highest BCUT2D eigenvalue weighted by molar-refractivity contribution is 5.87. The van der Waals surface area contributed by atoms with E-state index in [4.69, 9.17) is 4.74 Å². The molecule has 6 nitrogen and oxygen atoms in total. The van der Waals surface area contributed by atoms with Gasteiger partial charge in [0.1, 0.15) is 6.04 Å². The van der Waals surface area contributed by atoms with Crippen LogP contribution in [0.2, 0.25) is 0 Å². The van der Waals surface area contributed by atoms with Crippen LogP contribution in [-0.4, -0.2) is 54.1 Å². The lowest BCUT2D eigenvalue weighted by molar-refractivity contribution is -0.130. The van der Waals surface area contributed by atoms with Crippen LogP contribution in [0.3, 0.4) is 0 Å². The lowest BCUT2D eigenvalue weighted by Crippen LogP contribution is -2.50. The van der Waals surface area contributed by atoms with Gasteiger partial charge in [-0.1, -0.05) is 44.2 Å². The van der Waals surface area contributed by atoms with Crippen molar-refractivity contribution in [1.82, 2.24) is 15.5 Å². The first-order valence-electron chi connectivity index (χ1n) is 10.9. The molecule has 2 heterocycles. The maximum atomic E-state index is 12.5. The van der Waals surface area contributed by atoms with Gasteiger partial charge in [-0.15, -0.1) is 0 Å². The Morgan fingerprint density at radius 3 is 2.48 bits per heavy atom. The number of amides is 2. The maximum Gasteiger partial charge on any atom is 0.242 e. The number of piperidine rings is 1. The molecular formula is C23H35N3O3. The zero-order valence-electron chi connectivity index (χ0n) is 17.9. The summed E-state index contributed by atoms with van der Waals surface area (Å²) in [6, 6.07) is 10.1. The number of hydrogen-bond acceptors (Lipinski definition) is 4. The van der Waals surface area contributed by atoms with E-state index in [1.54, 1.807) is 0 Å². The number of benzene rings is 1. The predicted octanol–water partition coefficient (Wildman–Crippen LogP) is 2.48. The van der Waals surface area contributed by atoms with Crippen molar-refractivity contribution >= 4 is 11.8 Å². The molecule has 1 aromatic rings. The second-order valence-corrected chi connectivity index (χ2v) is 8.89. The van der Waals surface area contributed by atoms with Crippen LogP contribution in [0, 0.1) is 5.92 Å². The summed E-state index contributed by atoms with van der Waals surface area (Å²) in [6.45, 7) is 8.91. The predicted molar refractivity (Wildman–Crippen MR) is 113 cm³/mol. The van der Waals surface area contributed by atoms with Crippen molar-refractivity contribution in [2.24, 2.45) is 5.92 Å². The summed E-state index contributed by atoms with van der Waals surface area (Å²) in [7, 11) is 0. The third kappa shape index (κ3) is 6.03. The van der Waals surface area contributed by atoms with Gasteiger partial charge in [-0.3, -0.25) is 14.5 Å². The van der Waals surface area contributed by atoms with E-state index in [1.165, 1.54) is 12.5 Å². The Bertz CT molecular complexity index is 684. The quantitative estimate of drug-likeness (QED) is 0.736.